The molecule has 104 valence electrons. The van der Waals surface area contributed by atoms with Crippen molar-refractivity contribution in [3.63, 3.8) is 0 Å². The highest BCUT2D eigenvalue weighted by Gasteiger charge is 2.20. The third-order valence-corrected chi connectivity index (χ3v) is 3.24. The smallest absolute Gasteiger partial charge is 0.219 e. The molecular weight excluding hydrogens is 256 g/mol. The van der Waals surface area contributed by atoms with E-state index in [4.69, 9.17) is 19.9 Å². The Kier molecular flexibility index (Phi) is 3.43. The SMILES string of the molecule is COc1ncccc1COc1ccc2c(c1)OCC2N. The predicted molar refractivity (Wildman–Crippen MR) is 74.0 cm³/mol. The predicted octanol–water partition coefficient (Wildman–Crippen LogP) is 2.06. The Morgan fingerprint density at radius 3 is 3.15 bits per heavy atom. The number of fused-ring (bicyclic) bond motifs is 1. The molecule has 0 radical (unpaired) electrons. The molecule has 5 heteroatoms. The zero-order chi connectivity index (χ0) is 13.9. The molecule has 5 nitrogen and oxygen atoms in total. The van der Waals surface area contributed by atoms with Gasteiger partial charge < -0.3 is 19.9 Å². The molecule has 1 atom stereocenters. The second kappa shape index (κ2) is 5.38. The maximum Gasteiger partial charge on any atom is 0.219 e. The lowest BCUT2D eigenvalue weighted by Gasteiger charge is -2.10. The summed E-state index contributed by atoms with van der Waals surface area (Å²) in [5.41, 5.74) is 7.83. The van der Waals surface area contributed by atoms with Crippen molar-refractivity contribution in [3.05, 3.63) is 47.7 Å². The molecule has 1 unspecified atom stereocenters. The van der Waals surface area contributed by atoms with E-state index >= 15 is 0 Å². The highest BCUT2D eigenvalue weighted by molar-refractivity contribution is 5.44. The summed E-state index contributed by atoms with van der Waals surface area (Å²) in [5.74, 6) is 2.11. The maximum absolute atomic E-state index is 5.91. The van der Waals surface area contributed by atoms with Crippen LogP contribution in [0, 0.1) is 0 Å². The summed E-state index contributed by atoms with van der Waals surface area (Å²) in [6.45, 7) is 0.914. The topological polar surface area (TPSA) is 66.6 Å². The molecular formula is C15H16N2O3. The van der Waals surface area contributed by atoms with Crippen molar-refractivity contribution < 1.29 is 14.2 Å². The van der Waals surface area contributed by atoms with Crippen LogP contribution in [-0.4, -0.2) is 18.7 Å². The standard InChI is InChI=1S/C15H16N2O3/c1-18-15-10(3-2-6-17-15)8-19-11-4-5-12-13(16)9-20-14(12)7-11/h2-7,13H,8-9,16H2,1H3. The van der Waals surface area contributed by atoms with Crippen molar-refractivity contribution in [2.75, 3.05) is 13.7 Å². The van der Waals surface area contributed by atoms with Crippen LogP contribution in [0.1, 0.15) is 17.2 Å². The van der Waals surface area contributed by atoms with E-state index in [0.717, 1.165) is 22.6 Å². The first-order chi connectivity index (χ1) is 9.78. The molecule has 2 N–H and O–H groups in total. The number of rotatable bonds is 4. The van der Waals surface area contributed by atoms with Crippen molar-refractivity contribution in [3.8, 4) is 17.4 Å². The van der Waals surface area contributed by atoms with Gasteiger partial charge >= 0.3 is 0 Å². The quantitative estimate of drug-likeness (QED) is 0.922. The van der Waals surface area contributed by atoms with Crippen LogP contribution in [-0.2, 0) is 6.61 Å². The van der Waals surface area contributed by atoms with Gasteiger partial charge in [-0.1, -0.05) is 0 Å². The number of benzene rings is 1. The van der Waals surface area contributed by atoms with Crippen LogP contribution in [0.5, 0.6) is 17.4 Å². The van der Waals surface area contributed by atoms with Crippen LogP contribution in [0.15, 0.2) is 36.5 Å². The minimum Gasteiger partial charge on any atom is -0.491 e. The first-order valence-electron chi connectivity index (χ1n) is 6.41. The molecule has 1 aliphatic heterocycles. The number of aromatic nitrogens is 1. The van der Waals surface area contributed by atoms with Gasteiger partial charge in [0.05, 0.1) is 18.7 Å². The summed E-state index contributed by atoms with van der Waals surface area (Å²) < 4.78 is 16.5. The average molecular weight is 272 g/mol. The number of hydrogen-bond donors (Lipinski definition) is 1. The van der Waals surface area contributed by atoms with Crippen LogP contribution in [0.2, 0.25) is 0 Å². The third-order valence-electron chi connectivity index (χ3n) is 3.24. The van der Waals surface area contributed by atoms with Gasteiger partial charge in [0.15, 0.2) is 0 Å². The van der Waals surface area contributed by atoms with Gasteiger partial charge in [-0.2, -0.15) is 0 Å². The van der Waals surface area contributed by atoms with E-state index in [2.05, 4.69) is 4.98 Å². The minimum atomic E-state index is -0.0440. The zero-order valence-electron chi connectivity index (χ0n) is 11.2. The van der Waals surface area contributed by atoms with E-state index in [0.29, 0.717) is 19.1 Å². The monoisotopic (exact) mass is 272 g/mol. The Hall–Kier alpha value is -2.27. The lowest BCUT2D eigenvalue weighted by Crippen LogP contribution is -2.10. The largest absolute Gasteiger partial charge is 0.491 e. The molecule has 2 aromatic rings. The molecule has 0 saturated heterocycles. The first-order valence-corrected chi connectivity index (χ1v) is 6.41. The molecule has 0 bridgehead atoms. The van der Waals surface area contributed by atoms with Crippen molar-refractivity contribution in [2.24, 2.45) is 5.73 Å². The van der Waals surface area contributed by atoms with E-state index in [-0.39, 0.29) is 6.04 Å². The van der Waals surface area contributed by atoms with Crippen LogP contribution < -0.4 is 19.9 Å². The van der Waals surface area contributed by atoms with E-state index < -0.39 is 0 Å². The first kappa shape index (κ1) is 12.7. The summed E-state index contributed by atoms with van der Waals surface area (Å²) >= 11 is 0. The number of ether oxygens (including phenoxy) is 3. The lowest BCUT2D eigenvalue weighted by atomic mass is 10.1. The van der Waals surface area contributed by atoms with Gasteiger partial charge in [0.1, 0.15) is 24.7 Å². The molecule has 1 aromatic carbocycles. The summed E-state index contributed by atoms with van der Waals surface area (Å²) in [5, 5.41) is 0. The van der Waals surface area contributed by atoms with Crippen molar-refractivity contribution in [2.45, 2.75) is 12.6 Å². The fourth-order valence-electron chi connectivity index (χ4n) is 2.18. The van der Waals surface area contributed by atoms with E-state index in [1.807, 2.05) is 30.3 Å². The van der Waals surface area contributed by atoms with Crippen molar-refractivity contribution >= 4 is 0 Å². The molecule has 2 heterocycles. The van der Waals surface area contributed by atoms with Gasteiger partial charge in [-0.3, -0.25) is 0 Å². The molecule has 0 aliphatic carbocycles. The van der Waals surface area contributed by atoms with Gasteiger partial charge in [-0.25, -0.2) is 4.98 Å². The number of nitrogens with two attached hydrogens (primary N) is 1. The van der Waals surface area contributed by atoms with E-state index in [1.165, 1.54) is 0 Å². The van der Waals surface area contributed by atoms with Gasteiger partial charge in [0.25, 0.3) is 0 Å². The van der Waals surface area contributed by atoms with Gasteiger partial charge in [0, 0.05) is 17.8 Å². The molecule has 0 spiro atoms. The van der Waals surface area contributed by atoms with Crippen LogP contribution in [0.4, 0.5) is 0 Å². The van der Waals surface area contributed by atoms with Crippen molar-refractivity contribution in [1.82, 2.24) is 4.98 Å². The number of nitrogens with zero attached hydrogens (tertiary/aromatic N) is 1. The number of pyridine rings is 1. The fourth-order valence-corrected chi connectivity index (χ4v) is 2.18. The highest BCUT2D eigenvalue weighted by Crippen LogP contribution is 2.34. The molecule has 1 aliphatic rings. The van der Waals surface area contributed by atoms with Crippen LogP contribution in [0.3, 0.4) is 0 Å². The normalized spacial score (nSPS) is 16.4. The second-order valence-corrected chi connectivity index (χ2v) is 4.58. The summed E-state index contributed by atoms with van der Waals surface area (Å²) in [6, 6.07) is 9.44. The summed E-state index contributed by atoms with van der Waals surface area (Å²) in [7, 11) is 1.59. The van der Waals surface area contributed by atoms with E-state index in [9.17, 15) is 0 Å². The third kappa shape index (κ3) is 2.40. The molecule has 0 fully saturated rings. The molecule has 1 aromatic heterocycles. The average Bonchev–Trinajstić information content (AvgIpc) is 2.86. The second-order valence-electron chi connectivity index (χ2n) is 4.58. The summed E-state index contributed by atoms with van der Waals surface area (Å²) in [4.78, 5) is 4.13. The van der Waals surface area contributed by atoms with Gasteiger partial charge in [0.2, 0.25) is 5.88 Å². The van der Waals surface area contributed by atoms with Crippen LogP contribution >= 0.6 is 0 Å². The Labute approximate surface area is 117 Å². The minimum absolute atomic E-state index is 0.0440. The van der Waals surface area contributed by atoms with Gasteiger partial charge in [-0.15, -0.1) is 0 Å². The van der Waals surface area contributed by atoms with Crippen LogP contribution in [0.25, 0.3) is 0 Å². The zero-order valence-corrected chi connectivity index (χ0v) is 11.2. The molecule has 3 rings (SSSR count). The lowest BCUT2D eigenvalue weighted by molar-refractivity contribution is 0.290. The molecule has 0 saturated carbocycles. The Morgan fingerprint density at radius 2 is 2.30 bits per heavy atom. The molecule has 20 heavy (non-hydrogen) atoms. The Bertz CT molecular complexity index is 616. The Balaban J connectivity index is 1.73. The fraction of sp³-hybridized carbons (Fsp3) is 0.267. The Morgan fingerprint density at radius 1 is 1.40 bits per heavy atom. The highest BCUT2D eigenvalue weighted by atomic mass is 16.5. The molecule has 0 amide bonds. The van der Waals surface area contributed by atoms with Crippen molar-refractivity contribution in [1.29, 1.82) is 0 Å². The summed E-state index contributed by atoms with van der Waals surface area (Å²) in [6.07, 6.45) is 1.69. The van der Waals surface area contributed by atoms with E-state index in [1.54, 1.807) is 13.3 Å². The number of hydrogen-bond acceptors (Lipinski definition) is 5. The van der Waals surface area contributed by atoms with Gasteiger partial charge in [-0.05, 0) is 24.3 Å². The maximum atomic E-state index is 5.91. The number of methoxy groups -OCH3 is 1.